The molecule has 0 aliphatic carbocycles. The van der Waals surface area contributed by atoms with Gasteiger partial charge in [-0.05, 0) is 12.1 Å². The highest BCUT2D eigenvalue weighted by molar-refractivity contribution is 7.15. The Balaban J connectivity index is 1.83. The molecule has 98 valence electrons. The van der Waals surface area contributed by atoms with Gasteiger partial charge in [-0.15, -0.1) is 11.3 Å². The smallest absolute Gasteiger partial charge is 0.193 e. The van der Waals surface area contributed by atoms with E-state index < -0.39 is 0 Å². The highest BCUT2D eigenvalue weighted by Crippen LogP contribution is 2.19. The molecular formula is C12H12ClN5S. The lowest BCUT2D eigenvalue weighted by Gasteiger charge is -2.13. The molecule has 0 saturated heterocycles. The number of hydrogen-bond acceptors (Lipinski definition) is 5. The van der Waals surface area contributed by atoms with Crippen LogP contribution in [0.25, 0.3) is 4.96 Å². The van der Waals surface area contributed by atoms with Crippen molar-refractivity contribution in [3.63, 3.8) is 0 Å². The molecule has 0 fully saturated rings. The van der Waals surface area contributed by atoms with E-state index in [9.17, 15) is 0 Å². The first-order valence-corrected chi connectivity index (χ1v) is 7.00. The number of nitrogens with zero attached hydrogens (tertiary/aromatic N) is 3. The zero-order valence-corrected chi connectivity index (χ0v) is 11.5. The molecule has 7 heteroatoms. The molecule has 19 heavy (non-hydrogen) atoms. The topological polar surface area (TPSA) is 68.2 Å². The molecule has 0 saturated carbocycles. The van der Waals surface area contributed by atoms with Crippen LogP contribution >= 0.6 is 22.9 Å². The zero-order valence-electron chi connectivity index (χ0n) is 9.95. The third-order valence-corrected chi connectivity index (χ3v) is 3.86. The zero-order chi connectivity index (χ0) is 13.2. The van der Waals surface area contributed by atoms with Crippen LogP contribution in [-0.2, 0) is 6.42 Å². The van der Waals surface area contributed by atoms with E-state index >= 15 is 0 Å². The number of rotatable bonds is 4. The molecule has 3 N–H and O–H groups in total. The average molecular weight is 294 g/mol. The average Bonchev–Trinajstić information content (AvgIpc) is 2.98. The largest absolute Gasteiger partial charge is 0.297 e. The number of aromatic nitrogens is 3. The summed E-state index contributed by atoms with van der Waals surface area (Å²) < 4.78 is 2.00. The van der Waals surface area contributed by atoms with Crippen LogP contribution in [0.3, 0.4) is 0 Å². The summed E-state index contributed by atoms with van der Waals surface area (Å²) in [6, 6.07) is 3.59. The molecule has 0 amide bonds. The van der Waals surface area contributed by atoms with Crippen molar-refractivity contribution in [3.05, 3.63) is 52.5 Å². The van der Waals surface area contributed by atoms with Gasteiger partial charge in [-0.3, -0.25) is 20.7 Å². The van der Waals surface area contributed by atoms with E-state index in [1.165, 1.54) is 0 Å². The molecule has 3 rings (SSSR count). The van der Waals surface area contributed by atoms with Crippen LogP contribution in [0.15, 0.2) is 36.1 Å². The third-order valence-electron chi connectivity index (χ3n) is 2.86. The maximum atomic E-state index is 5.83. The van der Waals surface area contributed by atoms with Crippen molar-refractivity contribution in [1.29, 1.82) is 0 Å². The monoisotopic (exact) mass is 293 g/mol. The number of pyridine rings is 1. The Kier molecular flexibility index (Phi) is 3.48. The molecule has 0 spiro atoms. The predicted molar refractivity (Wildman–Crippen MR) is 76.1 cm³/mol. The number of halogens is 1. The third kappa shape index (κ3) is 2.62. The van der Waals surface area contributed by atoms with E-state index in [1.807, 2.05) is 28.2 Å². The second-order valence-corrected chi connectivity index (χ2v) is 5.46. The fourth-order valence-corrected chi connectivity index (χ4v) is 2.76. The summed E-state index contributed by atoms with van der Waals surface area (Å²) in [6.07, 6.45) is 6.29. The Bertz CT molecular complexity index is 646. The fraction of sp³-hybridized carbons (Fsp3) is 0.167. The summed E-state index contributed by atoms with van der Waals surface area (Å²) in [5.41, 5.74) is 4.60. The van der Waals surface area contributed by atoms with Crippen molar-refractivity contribution in [2.75, 3.05) is 0 Å². The van der Waals surface area contributed by atoms with Crippen molar-refractivity contribution < 1.29 is 0 Å². The quantitative estimate of drug-likeness (QED) is 0.571. The van der Waals surface area contributed by atoms with Gasteiger partial charge in [0.05, 0.1) is 22.5 Å². The molecule has 5 nitrogen and oxygen atoms in total. The summed E-state index contributed by atoms with van der Waals surface area (Å²) in [5, 5.41) is 2.62. The van der Waals surface area contributed by atoms with Crippen LogP contribution in [0.4, 0.5) is 0 Å². The Morgan fingerprint density at radius 3 is 3.05 bits per heavy atom. The van der Waals surface area contributed by atoms with Gasteiger partial charge in [0.25, 0.3) is 0 Å². The normalized spacial score (nSPS) is 12.9. The molecule has 0 radical (unpaired) electrons. The molecule has 0 aromatic carbocycles. The van der Waals surface area contributed by atoms with Gasteiger partial charge in [-0.25, -0.2) is 4.98 Å². The number of hydrazine groups is 1. The van der Waals surface area contributed by atoms with Crippen LogP contribution < -0.4 is 11.3 Å². The van der Waals surface area contributed by atoms with E-state index in [1.54, 1.807) is 23.6 Å². The Labute approximate surface area is 119 Å². The molecule has 0 aliphatic heterocycles. The number of nitrogens with one attached hydrogen (secondary N) is 1. The second-order valence-electron chi connectivity index (χ2n) is 4.15. The van der Waals surface area contributed by atoms with Gasteiger partial charge < -0.3 is 0 Å². The minimum Gasteiger partial charge on any atom is -0.297 e. The summed E-state index contributed by atoms with van der Waals surface area (Å²) in [4.78, 5) is 9.80. The van der Waals surface area contributed by atoms with Crippen molar-refractivity contribution >= 4 is 27.9 Å². The van der Waals surface area contributed by atoms with Crippen molar-refractivity contribution in [3.8, 4) is 0 Å². The fourth-order valence-electron chi connectivity index (χ4n) is 1.93. The van der Waals surface area contributed by atoms with Crippen molar-refractivity contribution in [2.45, 2.75) is 12.5 Å². The van der Waals surface area contributed by atoms with Gasteiger partial charge in [0.2, 0.25) is 0 Å². The Morgan fingerprint density at radius 2 is 2.37 bits per heavy atom. The van der Waals surface area contributed by atoms with E-state index in [0.29, 0.717) is 11.4 Å². The molecule has 0 bridgehead atoms. The number of imidazole rings is 1. The van der Waals surface area contributed by atoms with E-state index in [4.69, 9.17) is 17.4 Å². The molecular weight excluding hydrogens is 282 g/mol. The lowest BCUT2D eigenvalue weighted by molar-refractivity contribution is 0.534. The molecule has 1 atom stereocenters. The van der Waals surface area contributed by atoms with Gasteiger partial charge >= 0.3 is 0 Å². The first-order valence-electron chi connectivity index (χ1n) is 5.75. The van der Waals surface area contributed by atoms with Gasteiger partial charge in [0.15, 0.2) is 4.96 Å². The summed E-state index contributed by atoms with van der Waals surface area (Å²) in [6.45, 7) is 0. The Morgan fingerprint density at radius 1 is 1.47 bits per heavy atom. The molecule has 3 aromatic rings. The first kappa shape index (κ1) is 12.6. The first-order chi connectivity index (χ1) is 9.26. The molecule has 3 aromatic heterocycles. The minimum absolute atomic E-state index is 0.0816. The number of thiazole rings is 1. The van der Waals surface area contributed by atoms with Gasteiger partial charge in [0.1, 0.15) is 0 Å². The van der Waals surface area contributed by atoms with Crippen LogP contribution in [0.5, 0.6) is 0 Å². The van der Waals surface area contributed by atoms with Gasteiger partial charge in [-0.1, -0.05) is 11.6 Å². The maximum absolute atomic E-state index is 5.83. The molecule has 1 unspecified atom stereocenters. The Hall–Kier alpha value is -1.47. The minimum atomic E-state index is -0.0816. The summed E-state index contributed by atoms with van der Waals surface area (Å²) >= 11 is 7.44. The standard InChI is InChI=1S/C12H12ClN5S/c13-8-1-2-10(15-6-8)11(17-14)5-9-7-18-3-4-19-12(18)16-9/h1-4,6-7,11,17H,5,14H2. The molecule has 0 aliphatic rings. The number of nitrogens with two attached hydrogens (primary N) is 1. The number of fused-ring (bicyclic) bond motifs is 1. The van der Waals surface area contributed by atoms with E-state index in [-0.39, 0.29) is 6.04 Å². The van der Waals surface area contributed by atoms with Crippen LogP contribution in [0.2, 0.25) is 5.02 Å². The van der Waals surface area contributed by atoms with Gasteiger partial charge in [0, 0.05) is 30.4 Å². The predicted octanol–water partition coefficient (Wildman–Crippen LogP) is 2.19. The molecule has 3 heterocycles. The number of hydrogen-bond donors (Lipinski definition) is 2. The van der Waals surface area contributed by atoms with Crippen LogP contribution in [-0.4, -0.2) is 14.4 Å². The van der Waals surface area contributed by atoms with Crippen molar-refractivity contribution in [1.82, 2.24) is 19.8 Å². The van der Waals surface area contributed by atoms with Crippen LogP contribution in [0.1, 0.15) is 17.4 Å². The lowest BCUT2D eigenvalue weighted by atomic mass is 10.1. The SMILES string of the molecule is NNC(Cc1cn2ccsc2n1)c1ccc(Cl)cn1. The maximum Gasteiger partial charge on any atom is 0.193 e. The lowest BCUT2D eigenvalue weighted by Crippen LogP contribution is -2.30. The van der Waals surface area contributed by atoms with Crippen molar-refractivity contribution in [2.24, 2.45) is 5.84 Å². The second kappa shape index (κ2) is 5.26. The van der Waals surface area contributed by atoms with E-state index in [0.717, 1.165) is 16.3 Å². The summed E-state index contributed by atoms with van der Waals surface area (Å²) in [7, 11) is 0. The highest BCUT2D eigenvalue weighted by Gasteiger charge is 2.14. The van der Waals surface area contributed by atoms with Gasteiger partial charge in [-0.2, -0.15) is 0 Å². The summed E-state index contributed by atoms with van der Waals surface area (Å²) in [5.74, 6) is 5.61. The van der Waals surface area contributed by atoms with E-state index in [2.05, 4.69) is 15.4 Å². The highest BCUT2D eigenvalue weighted by atomic mass is 35.5. The van der Waals surface area contributed by atoms with Crippen LogP contribution in [0, 0.1) is 0 Å².